The van der Waals surface area contributed by atoms with E-state index in [2.05, 4.69) is 122 Å². The summed E-state index contributed by atoms with van der Waals surface area (Å²) in [5, 5.41) is 2.73. The van der Waals surface area contributed by atoms with Crippen LogP contribution in [0.2, 0.25) is 0 Å². The van der Waals surface area contributed by atoms with Crippen LogP contribution >= 0.6 is 24.8 Å². The number of hydrogen-bond donors (Lipinski definition) is 0. The Labute approximate surface area is 245 Å². The number of allylic oxidation sites excluding steroid dienone is 4. The molecule has 3 aromatic rings. The van der Waals surface area contributed by atoms with Crippen molar-refractivity contribution in [3.05, 3.63) is 104 Å². The molecule has 1 unspecified atom stereocenters. The first kappa shape index (κ1) is 38.7. The summed E-state index contributed by atoms with van der Waals surface area (Å²) < 4.78 is 0. The molecule has 3 aromatic carbocycles. The second-order valence-corrected chi connectivity index (χ2v) is 9.57. The number of halogens is 2. The third-order valence-electron chi connectivity index (χ3n) is 5.87. The molecule has 0 N–H and O–H groups in total. The van der Waals surface area contributed by atoms with Gasteiger partial charge in [-0.3, -0.25) is 6.08 Å². The van der Waals surface area contributed by atoms with Crippen molar-refractivity contribution in [1.29, 1.82) is 0 Å². The van der Waals surface area contributed by atoms with Crippen LogP contribution in [0.1, 0.15) is 54.0 Å². The van der Waals surface area contributed by atoms with E-state index in [4.69, 9.17) is 0 Å². The average molecular weight is 605 g/mol. The number of fused-ring (bicyclic) bond motifs is 1. The number of hydrogen-bond acceptors (Lipinski definition) is 0. The van der Waals surface area contributed by atoms with Crippen LogP contribution in [0.3, 0.4) is 0 Å². The van der Waals surface area contributed by atoms with Crippen LogP contribution in [-0.4, -0.2) is 6.88 Å². The summed E-state index contributed by atoms with van der Waals surface area (Å²) >= 11 is 1.36. The average Bonchev–Trinajstić information content (AvgIpc) is 3.24. The summed E-state index contributed by atoms with van der Waals surface area (Å²) in [5.41, 5.74) is 8.65. The molecule has 192 valence electrons. The molecule has 1 atom stereocenters. The molecule has 0 aliphatic heterocycles. The molecule has 4 rings (SSSR count). The maximum absolute atomic E-state index is 3.36. The Kier molecular flexibility index (Phi) is 19.5. The van der Waals surface area contributed by atoms with Gasteiger partial charge in [-0.25, -0.2) is 5.57 Å². The monoisotopic (exact) mass is 602 g/mol. The quantitative estimate of drug-likeness (QED) is 0.202. The first-order chi connectivity index (χ1) is 14.7. The van der Waals surface area contributed by atoms with Crippen LogP contribution in [-0.2, 0) is 29.8 Å². The second kappa shape index (κ2) is 17.6. The molecular formula is C31H42Cl2SiZr-4. The SMILES string of the molecule is CC(C)(C)Cc1cc2c(-c3ccccc3)cccc2[cH-]1.CC1=[C-]C(C)C(C)=C1C.Cl.Cl.[CH3-].[CH3-].[Si]=[Zr]. The van der Waals surface area contributed by atoms with Crippen molar-refractivity contribution in [1.82, 2.24) is 0 Å². The zero-order valence-corrected chi connectivity index (χ0v) is 28.0. The van der Waals surface area contributed by atoms with Crippen molar-refractivity contribution >= 4 is 42.5 Å². The molecular weight excluding hydrogens is 563 g/mol. The van der Waals surface area contributed by atoms with Crippen LogP contribution < -0.4 is 0 Å². The van der Waals surface area contributed by atoms with Crippen molar-refractivity contribution in [2.75, 3.05) is 0 Å². The van der Waals surface area contributed by atoms with E-state index in [1.807, 2.05) is 0 Å². The molecule has 0 spiro atoms. The molecule has 0 saturated carbocycles. The van der Waals surface area contributed by atoms with E-state index in [9.17, 15) is 0 Å². The molecule has 1 aliphatic rings. The Balaban J connectivity index is -0.000000590. The standard InChI is InChI=1S/C20H21.C9H13.2CH3.2ClH.Si.Zr/c1-20(2,3)14-15-12-17-10-7-11-18(19(17)13-15)16-8-5-4-6-9-16;1-6-5-7(2)9(4)8(6)3;;;;;;/h4-13H,14H2,1-3H3;6H,1-4H3;2*1H3;2*1H;;/q4*-1;;;;. The predicted molar refractivity (Wildman–Crippen MR) is 161 cm³/mol. The summed E-state index contributed by atoms with van der Waals surface area (Å²) in [6, 6.07) is 21.9. The van der Waals surface area contributed by atoms with Gasteiger partial charge in [-0.15, -0.1) is 66.3 Å². The van der Waals surface area contributed by atoms with Gasteiger partial charge in [0.2, 0.25) is 0 Å². The molecule has 0 aromatic heterocycles. The molecule has 0 bridgehead atoms. The Hall–Kier alpha value is -0.790. The predicted octanol–water partition coefficient (Wildman–Crippen LogP) is 9.90. The first-order valence-electron chi connectivity index (χ1n) is 10.9. The Morgan fingerprint density at radius 1 is 0.914 bits per heavy atom. The molecule has 0 amide bonds. The summed E-state index contributed by atoms with van der Waals surface area (Å²) in [5.74, 6) is 0.560. The van der Waals surface area contributed by atoms with Gasteiger partial charge < -0.3 is 14.9 Å². The van der Waals surface area contributed by atoms with Gasteiger partial charge in [0.05, 0.1) is 0 Å². The van der Waals surface area contributed by atoms with E-state index in [1.54, 1.807) is 0 Å². The summed E-state index contributed by atoms with van der Waals surface area (Å²) in [6.45, 7) is 18.6. The van der Waals surface area contributed by atoms with Crippen molar-refractivity contribution in [2.45, 2.75) is 54.9 Å². The molecule has 0 saturated heterocycles. The molecule has 0 fully saturated rings. The molecule has 2 radical (unpaired) electrons. The van der Waals surface area contributed by atoms with Gasteiger partial charge in [0.25, 0.3) is 0 Å². The summed E-state index contributed by atoms with van der Waals surface area (Å²) in [4.78, 5) is 0. The topological polar surface area (TPSA) is 0 Å². The van der Waals surface area contributed by atoms with E-state index in [0.29, 0.717) is 11.3 Å². The second-order valence-electron chi connectivity index (χ2n) is 9.57. The minimum absolute atomic E-state index is 0. The Morgan fingerprint density at radius 3 is 1.91 bits per heavy atom. The number of benzene rings is 2. The van der Waals surface area contributed by atoms with Crippen LogP contribution in [0.25, 0.3) is 21.9 Å². The van der Waals surface area contributed by atoms with E-state index in [1.165, 1.54) is 67.5 Å². The normalized spacial score (nSPS) is 13.9. The molecule has 0 nitrogen and oxygen atoms in total. The zero-order valence-electron chi connectivity index (χ0n) is 22.9. The van der Waals surface area contributed by atoms with Gasteiger partial charge in [-0.05, 0) is 17.4 Å². The van der Waals surface area contributed by atoms with Crippen molar-refractivity contribution in [3.8, 4) is 11.1 Å². The molecule has 35 heavy (non-hydrogen) atoms. The van der Waals surface area contributed by atoms with E-state index in [0.717, 1.165) is 6.42 Å². The third kappa shape index (κ3) is 11.0. The fourth-order valence-electron chi connectivity index (χ4n) is 4.04. The van der Waals surface area contributed by atoms with Gasteiger partial charge in [-0.2, -0.15) is 17.2 Å². The Morgan fingerprint density at radius 2 is 1.49 bits per heavy atom. The summed E-state index contributed by atoms with van der Waals surface area (Å²) in [6.07, 6.45) is 4.48. The molecule has 1 aliphatic carbocycles. The van der Waals surface area contributed by atoms with Crippen LogP contribution in [0.5, 0.6) is 0 Å². The van der Waals surface area contributed by atoms with Gasteiger partial charge >= 0.3 is 30.2 Å². The van der Waals surface area contributed by atoms with E-state index >= 15 is 0 Å². The van der Waals surface area contributed by atoms with Crippen molar-refractivity contribution in [3.63, 3.8) is 0 Å². The molecule has 4 heteroatoms. The van der Waals surface area contributed by atoms with Gasteiger partial charge in [0, 0.05) is 0 Å². The third-order valence-corrected chi connectivity index (χ3v) is 5.87. The fraction of sp³-hybridized carbons (Fsp3) is 0.323. The zero-order chi connectivity index (χ0) is 23.2. The van der Waals surface area contributed by atoms with Crippen LogP contribution in [0, 0.1) is 32.3 Å². The van der Waals surface area contributed by atoms with E-state index in [-0.39, 0.29) is 39.7 Å². The fourth-order valence-corrected chi connectivity index (χ4v) is 4.04. The number of rotatable bonds is 2. The first-order valence-corrected chi connectivity index (χ1v) is 15.1. The summed E-state index contributed by atoms with van der Waals surface area (Å²) in [7, 11) is 0. The molecule has 0 heterocycles. The van der Waals surface area contributed by atoms with Crippen LogP contribution in [0.4, 0.5) is 0 Å². The van der Waals surface area contributed by atoms with Crippen LogP contribution in [0.15, 0.2) is 77.4 Å². The van der Waals surface area contributed by atoms with Gasteiger partial charge in [0.15, 0.2) is 0 Å². The Bertz CT molecular complexity index is 1070. The van der Waals surface area contributed by atoms with Gasteiger partial charge in [-0.1, -0.05) is 89.4 Å². The maximum atomic E-state index is 3.36. The van der Waals surface area contributed by atoms with Crippen molar-refractivity contribution in [2.24, 2.45) is 11.3 Å². The van der Waals surface area contributed by atoms with Crippen molar-refractivity contribution < 1.29 is 23.3 Å². The van der Waals surface area contributed by atoms with Gasteiger partial charge in [0.1, 0.15) is 0 Å². The van der Waals surface area contributed by atoms with E-state index < -0.39 is 0 Å². The minimum atomic E-state index is 0.